The molecule has 0 bridgehead atoms. The largest absolute Gasteiger partial charge is 0.507 e. The van der Waals surface area contributed by atoms with Crippen molar-refractivity contribution in [2.24, 2.45) is 0 Å². The zero-order chi connectivity index (χ0) is 17.2. The van der Waals surface area contributed by atoms with Crippen LogP contribution in [-0.4, -0.2) is 15.3 Å². The summed E-state index contributed by atoms with van der Waals surface area (Å²) >= 11 is 1.49. The third-order valence-electron chi connectivity index (χ3n) is 3.72. The van der Waals surface area contributed by atoms with Gasteiger partial charge in [-0.3, -0.25) is 0 Å². The van der Waals surface area contributed by atoms with Crippen LogP contribution in [0.15, 0.2) is 58.2 Å². The number of phenols is 1. The summed E-state index contributed by atoms with van der Waals surface area (Å²) in [5.41, 5.74) is 3.22. The molecule has 1 aromatic heterocycles. The second-order valence-corrected chi connectivity index (χ2v) is 7.55. The lowest BCUT2D eigenvalue weighted by Gasteiger charge is -2.19. The Morgan fingerprint density at radius 3 is 2.38 bits per heavy atom. The molecule has 1 N–H and O–H groups in total. The van der Waals surface area contributed by atoms with Gasteiger partial charge in [0.15, 0.2) is 0 Å². The summed E-state index contributed by atoms with van der Waals surface area (Å²) in [6, 6.07) is 15.5. The van der Waals surface area contributed by atoms with Crippen LogP contribution in [0.1, 0.15) is 31.9 Å². The zero-order valence-corrected chi connectivity index (χ0v) is 14.8. The molecule has 3 rings (SSSR count). The van der Waals surface area contributed by atoms with Gasteiger partial charge in [0.1, 0.15) is 5.75 Å². The molecule has 0 unspecified atom stereocenters. The highest BCUT2D eigenvalue weighted by atomic mass is 32.2. The van der Waals surface area contributed by atoms with Gasteiger partial charge in [-0.1, -0.05) is 68.9 Å². The van der Waals surface area contributed by atoms with E-state index >= 15 is 0 Å². The predicted octanol–water partition coefficient (Wildman–Crippen LogP) is 5.03. The number of rotatable bonds is 4. The molecular formula is C19H20N2O2S. The predicted molar refractivity (Wildman–Crippen MR) is 96.1 cm³/mol. The Morgan fingerprint density at radius 1 is 1.00 bits per heavy atom. The first-order valence-electron chi connectivity index (χ1n) is 7.77. The Labute approximate surface area is 145 Å². The van der Waals surface area contributed by atoms with E-state index < -0.39 is 0 Å². The van der Waals surface area contributed by atoms with Crippen molar-refractivity contribution in [2.45, 2.75) is 37.2 Å². The molecule has 0 radical (unpaired) electrons. The highest BCUT2D eigenvalue weighted by Gasteiger charge is 2.14. The first kappa shape index (κ1) is 16.6. The van der Waals surface area contributed by atoms with Gasteiger partial charge < -0.3 is 9.52 Å². The molecule has 24 heavy (non-hydrogen) atoms. The summed E-state index contributed by atoms with van der Waals surface area (Å²) < 4.78 is 5.63. The Bertz CT molecular complexity index is 820. The fourth-order valence-corrected chi connectivity index (χ4v) is 3.00. The number of phenolic OH excluding ortho intramolecular Hbond substituents is 1. The minimum Gasteiger partial charge on any atom is -0.507 e. The van der Waals surface area contributed by atoms with Crippen molar-refractivity contribution in [1.82, 2.24) is 10.2 Å². The van der Waals surface area contributed by atoms with Crippen LogP contribution in [0, 0.1) is 0 Å². The zero-order valence-electron chi connectivity index (χ0n) is 14.0. The lowest BCUT2D eigenvalue weighted by atomic mass is 9.87. The molecule has 124 valence electrons. The van der Waals surface area contributed by atoms with E-state index in [2.05, 4.69) is 55.2 Å². The smallest absolute Gasteiger partial charge is 0.277 e. The first-order valence-corrected chi connectivity index (χ1v) is 8.76. The Kier molecular flexibility index (Phi) is 4.62. The van der Waals surface area contributed by atoms with Crippen LogP contribution in [0.25, 0.3) is 11.5 Å². The number of thioether (sulfide) groups is 1. The second kappa shape index (κ2) is 6.69. The first-order chi connectivity index (χ1) is 11.4. The van der Waals surface area contributed by atoms with Crippen molar-refractivity contribution in [3.63, 3.8) is 0 Å². The molecule has 0 saturated heterocycles. The Morgan fingerprint density at radius 2 is 1.71 bits per heavy atom. The van der Waals surface area contributed by atoms with Crippen LogP contribution < -0.4 is 0 Å². The van der Waals surface area contributed by atoms with Gasteiger partial charge in [0, 0.05) is 5.75 Å². The van der Waals surface area contributed by atoms with Crippen molar-refractivity contribution >= 4 is 11.8 Å². The van der Waals surface area contributed by atoms with E-state index in [1.54, 1.807) is 18.2 Å². The fourth-order valence-electron chi connectivity index (χ4n) is 2.28. The average Bonchev–Trinajstić information content (AvgIpc) is 3.02. The standard InChI is InChI=1S/C19H20N2O2S/c1-19(2,3)14-10-8-13(9-11-14)12-24-18-21-20-17(23-18)15-6-4-5-7-16(15)22/h4-11,22H,12H2,1-3H3. The molecule has 0 aliphatic heterocycles. The topological polar surface area (TPSA) is 59.2 Å². The second-order valence-electron chi connectivity index (χ2n) is 6.63. The molecule has 5 heteroatoms. The Balaban J connectivity index is 1.67. The van der Waals surface area contributed by atoms with Crippen LogP contribution >= 0.6 is 11.8 Å². The molecule has 2 aromatic carbocycles. The molecule has 1 heterocycles. The van der Waals surface area contributed by atoms with Crippen LogP contribution in [0.5, 0.6) is 5.75 Å². The maximum atomic E-state index is 9.84. The van der Waals surface area contributed by atoms with Crippen LogP contribution in [0.4, 0.5) is 0 Å². The number of hydrogen-bond donors (Lipinski definition) is 1. The number of hydrogen-bond acceptors (Lipinski definition) is 5. The molecular weight excluding hydrogens is 320 g/mol. The SMILES string of the molecule is CC(C)(C)c1ccc(CSc2nnc(-c3ccccc3O)o2)cc1. The molecule has 0 fully saturated rings. The van der Waals surface area contributed by atoms with Crippen molar-refractivity contribution in [3.8, 4) is 17.2 Å². The van der Waals surface area contributed by atoms with E-state index in [1.807, 2.05) is 6.07 Å². The summed E-state index contributed by atoms with van der Waals surface area (Å²) in [4.78, 5) is 0. The van der Waals surface area contributed by atoms with Gasteiger partial charge in [0.05, 0.1) is 5.56 Å². The van der Waals surface area contributed by atoms with Gasteiger partial charge in [0.25, 0.3) is 11.1 Å². The molecule has 0 aliphatic carbocycles. The maximum Gasteiger partial charge on any atom is 0.277 e. The number of benzene rings is 2. The van der Waals surface area contributed by atoms with Crippen molar-refractivity contribution in [2.75, 3.05) is 0 Å². The van der Waals surface area contributed by atoms with Gasteiger partial charge in [-0.25, -0.2) is 0 Å². The van der Waals surface area contributed by atoms with E-state index in [9.17, 15) is 5.11 Å². The van der Waals surface area contributed by atoms with E-state index in [0.29, 0.717) is 16.7 Å². The fraction of sp³-hybridized carbons (Fsp3) is 0.263. The molecule has 4 nitrogen and oxygen atoms in total. The van der Waals surface area contributed by atoms with Crippen molar-refractivity contribution in [1.29, 1.82) is 0 Å². The molecule has 0 aliphatic rings. The quantitative estimate of drug-likeness (QED) is 0.675. The maximum absolute atomic E-state index is 9.84. The van der Waals surface area contributed by atoms with E-state index in [0.717, 1.165) is 5.75 Å². The van der Waals surface area contributed by atoms with Crippen molar-refractivity contribution < 1.29 is 9.52 Å². The van der Waals surface area contributed by atoms with E-state index in [4.69, 9.17) is 4.42 Å². The summed E-state index contributed by atoms with van der Waals surface area (Å²) in [6.07, 6.45) is 0. The number of para-hydroxylation sites is 1. The molecule has 0 saturated carbocycles. The van der Waals surface area contributed by atoms with Gasteiger partial charge in [-0.05, 0) is 28.7 Å². The minimum atomic E-state index is 0.135. The van der Waals surface area contributed by atoms with Crippen molar-refractivity contribution in [3.05, 3.63) is 59.7 Å². The number of aromatic hydroxyl groups is 1. The monoisotopic (exact) mass is 340 g/mol. The van der Waals surface area contributed by atoms with E-state index in [-0.39, 0.29) is 11.2 Å². The molecule has 3 aromatic rings. The lowest BCUT2D eigenvalue weighted by molar-refractivity contribution is 0.452. The number of nitrogens with zero attached hydrogens (tertiary/aromatic N) is 2. The third kappa shape index (κ3) is 3.79. The summed E-state index contributed by atoms with van der Waals surface area (Å²) in [5, 5.41) is 18.4. The minimum absolute atomic E-state index is 0.135. The summed E-state index contributed by atoms with van der Waals surface area (Å²) in [5.74, 6) is 1.22. The molecule has 0 atom stereocenters. The highest BCUT2D eigenvalue weighted by Crippen LogP contribution is 2.31. The van der Waals surface area contributed by atoms with Crippen LogP contribution in [0.3, 0.4) is 0 Å². The highest BCUT2D eigenvalue weighted by molar-refractivity contribution is 7.98. The molecule has 0 amide bonds. The number of aromatic nitrogens is 2. The van der Waals surface area contributed by atoms with Gasteiger partial charge in [-0.2, -0.15) is 0 Å². The summed E-state index contributed by atoms with van der Waals surface area (Å²) in [7, 11) is 0. The van der Waals surface area contributed by atoms with E-state index in [1.165, 1.54) is 22.9 Å². The summed E-state index contributed by atoms with van der Waals surface area (Å²) in [6.45, 7) is 6.61. The van der Waals surface area contributed by atoms with Gasteiger partial charge in [-0.15, -0.1) is 10.2 Å². The average molecular weight is 340 g/mol. The van der Waals surface area contributed by atoms with Crippen LogP contribution in [-0.2, 0) is 11.2 Å². The van der Waals surface area contributed by atoms with Gasteiger partial charge >= 0.3 is 0 Å². The lowest BCUT2D eigenvalue weighted by Crippen LogP contribution is -2.10. The Hall–Kier alpha value is -2.27. The normalized spacial score (nSPS) is 11.6. The van der Waals surface area contributed by atoms with Gasteiger partial charge in [0.2, 0.25) is 0 Å². The van der Waals surface area contributed by atoms with Crippen LogP contribution in [0.2, 0.25) is 0 Å². The molecule has 0 spiro atoms. The third-order valence-corrected chi connectivity index (χ3v) is 4.61.